The van der Waals surface area contributed by atoms with E-state index >= 15 is 0 Å². The number of benzene rings is 1. The zero-order valence-electron chi connectivity index (χ0n) is 13.2. The van der Waals surface area contributed by atoms with Gasteiger partial charge in [0.05, 0.1) is 18.0 Å². The van der Waals surface area contributed by atoms with Crippen LogP contribution in [0.15, 0.2) is 34.3 Å². The third-order valence-corrected chi connectivity index (χ3v) is 5.38. The van der Waals surface area contributed by atoms with Crippen molar-refractivity contribution in [2.75, 3.05) is 7.11 Å². The van der Waals surface area contributed by atoms with E-state index in [-0.39, 0.29) is 4.90 Å². The van der Waals surface area contributed by atoms with Crippen LogP contribution in [0.25, 0.3) is 0 Å². The fourth-order valence-electron chi connectivity index (χ4n) is 1.86. The van der Waals surface area contributed by atoms with Gasteiger partial charge in [-0.25, -0.2) is 13.1 Å². The molecular weight excluding hydrogens is 344 g/mol. The van der Waals surface area contributed by atoms with Crippen molar-refractivity contribution in [3.63, 3.8) is 0 Å². The van der Waals surface area contributed by atoms with Crippen molar-refractivity contribution in [1.29, 1.82) is 0 Å². The Hall–Kier alpha value is -1.36. The number of nitrogens with one attached hydrogen (secondary N) is 1. The molecule has 0 radical (unpaired) electrons. The van der Waals surface area contributed by atoms with Crippen LogP contribution < -0.4 is 9.46 Å². The van der Waals surface area contributed by atoms with E-state index in [4.69, 9.17) is 4.74 Å². The van der Waals surface area contributed by atoms with Gasteiger partial charge in [-0.1, -0.05) is 25.9 Å². The van der Waals surface area contributed by atoms with E-state index in [1.165, 1.54) is 31.4 Å². The second kappa shape index (κ2) is 7.47. The van der Waals surface area contributed by atoms with E-state index in [0.29, 0.717) is 5.75 Å². The molecule has 0 fully saturated rings. The molecule has 0 heterocycles. The van der Waals surface area contributed by atoms with E-state index in [2.05, 4.69) is 9.90 Å². The summed E-state index contributed by atoms with van der Waals surface area (Å²) in [6, 6.07) is 4.34. The van der Waals surface area contributed by atoms with E-state index in [9.17, 15) is 22.1 Å². The highest BCUT2D eigenvalue weighted by Crippen LogP contribution is 2.27. The van der Waals surface area contributed by atoms with E-state index in [1.54, 1.807) is 20.8 Å². The number of sulfonamides is 1. The molecule has 0 aliphatic carbocycles. The van der Waals surface area contributed by atoms with E-state index in [1.807, 2.05) is 0 Å². The first-order chi connectivity index (χ1) is 10.5. The summed E-state index contributed by atoms with van der Waals surface area (Å²) < 4.78 is 54.4. The van der Waals surface area contributed by atoms with Crippen molar-refractivity contribution < 1.29 is 21.9 Å². The van der Waals surface area contributed by atoms with Crippen LogP contribution >= 0.6 is 0 Å². The fourth-order valence-corrected chi connectivity index (χ4v) is 4.16. The van der Waals surface area contributed by atoms with Crippen LogP contribution in [0.2, 0.25) is 0 Å². The number of hydrogen-bond donors (Lipinski definition) is 1. The van der Waals surface area contributed by atoms with Crippen molar-refractivity contribution in [1.82, 2.24) is 4.72 Å². The maximum atomic E-state index is 12.4. The highest BCUT2D eigenvalue weighted by molar-refractivity contribution is 7.89. The molecule has 0 bridgehead atoms. The normalized spacial score (nSPS) is 16.4. The molecule has 0 saturated heterocycles. The van der Waals surface area contributed by atoms with Crippen LogP contribution in [0, 0.1) is 10.3 Å². The molecule has 1 aromatic carbocycles. The van der Waals surface area contributed by atoms with Crippen molar-refractivity contribution >= 4 is 21.1 Å². The Bertz CT molecular complexity index is 667. The topological polar surface area (TPSA) is 125 Å². The van der Waals surface area contributed by atoms with Crippen LogP contribution in [0.5, 0.6) is 5.75 Å². The highest BCUT2D eigenvalue weighted by atomic mass is 32.2. The Labute approximate surface area is 137 Å². The monoisotopic (exact) mass is 363 g/mol. The highest BCUT2D eigenvalue weighted by Gasteiger charge is 2.37. The van der Waals surface area contributed by atoms with Gasteiger partial charge in [-0.3, -0.25) is 4.21 Å². The molecule has 23 heavy (non-hydrogen) atoms. The minimum atomic E-state index is -4.03. The van der Waals surface area contributed by atoms with Crippen LogP contribution in [-0.2, 0) is 21.1 Å². The molecule has 1 rings (SSSR count). The SMILES string of the molecule is COc1ccc(S(=O)(=O)NC(C(N=O)S(=O)[O-])C(C)(C)C)cc1. The van der Waals surface area contributed by atoms with Crippen LogP contribution in [0.3, 0.4) is 0 Å². The van der Waals surface area contributed by atoms with Crippen molar-refractivity contribution in [3.8, 4) is 5.75 Å². The predicted octanol–water partition coefficient (Wildman–Crippen LogP) is 1.36. The molecule has 0 aromatic heterocycles. The molecule has 1 N–H and O–H groups in total. The molecule has 8 nitrogen and oxygen atoms in total. The molecular formula is C13H19N2O6S2-. The molecule has 3 unspecified atom stereocenters. The summed E-state index contributed by atoms with van der Waals surface area (Å²) in [5.74, 6) is 0.476. The maximum absolute atomic E-state index is 12.4. The number of nitrogens with zero attached hydrogens (tertiary/aromatic N) is 1. The smallest absolute Gasteiger partial charge is 0.240 e. The Morgan fingerprint density at radius 1 is 1.26 bits per heavy atom. The molecule has 10 heteroatoms. The van der Waals surface area contributed by atoms with Crippen molar-refractivity contribution in [2.45, 2.75) is 37.1 Å². The second-order valence-corrected chi connectivity index (χ2v) is 8.61. The quantitative estimate of drug-likeness (QED) is 0.576. The predicted molar refractivity (Wildman–Crippen MR) is 85.1 cm³/mol. The number of hydrogen-bond acceptors (Lipinski definition) is 7. The lowest BCUT2D eigenvalue weighted by Gasteiger charge is -2.34. The molecule has 130 valence electrons. The molecule has 0 saturated carbocycles. The Balaban J connectivity index is 3.19. The van der Waals surface area contributed by atoms with Gasteiger partial charge < -0.3 is 9.29 Å². The van der Waals surface area contributed by atoms with Gasteiger partial charge in [0.2, 0.25) is 10.0 Å². The third-order valence-electron chi connectivity index (χ3n) is 3.17. The van der Waals surface area contributed by atoms with Gasteiger partial charge >= 0.3 is 0 Å². The summed E-state index contributed by atoms with van der Waals surface area (Å²) in [6.45, 7) is 4.83. The molecule has 0 amide bonds. The van der Waals surface area contributed by atoms with Crippen LogP contribution in [0.4, 0.5) is 0 Å². The first-order valence-electron chi connectivity index (χ1n) is 6.60. The van der Waals surface area contributed by atoms with Crippen LogP contribution in [-0.4, -0.2) is 35.7 Å². The van der Waals surface area contributed by atoms with Gasteiger partial charge in [-0.15, -0.1) is 4.91 Å². The summed E-state index contributed by atoms with van der Waals surface area (Å²) in [4.78, 5) is 10.8. The minimum Gasteiger partial charge on any atom is -0.771 e. The van der Waals surface area contributed by atoms with E-state index < -0.39 is 37.9 Å². The van der Waals surface area contributed by atoms with Crippen molar-refractivity contribution in [3.05, 3.63) is 29.2 Å². The molecule has 0 spiro atoms. The first-order valence-corrected chi connectivity index (χ1v) is 9.22. The average Bonchev–Trinajstić information content (AvgIpc) is 2.45. The summed E-state index contributed by atoms with van der Waals surface area (Å²) in [6.07, 6.45) is 0. The maximum Gasteiger partial charge on any atom is 0.240 e. The van der Waals surface area contributed by atoms with E-state index in [0.717, 1.165) is 0 Å². The summed E-state index contributed by atoms with van der Waals surface area (Å²) in [7, 11) is -2.59. The number of rotatable bonds is 7. The zero-order chi connectivity index (χ0) is 17.8. The zero-order valence-corrected chi connectivity index (χ0v) is 14.8. The third kappa shape index (κ3) is 5.06. The van der Waals surface area contributed by atoms with Gasteiger partial charge in [0, 0.05) is 0 Å². The lowest BCUT2D eigenvalue weighted by atomic mass is 9.87. The molecule has 1 aromatic rings. The Morgan fingerprint density at radius 3 is 2.13 bits per heavy atom. The second-order valence-electron chi connectivity index (χ2n) is 5.90. The summed E-state index contributed by atoms with van der Waals surface area (Å²) >= 11 is -2.85. The van der Waals surface area contributed by atoms with Gasteiger partial charge in [-0.2, -0.15) is 0 Å². The lowest BCUT2D eigenvalue weighted by molar-refractivity contribution is 0.286. The minimum absolute atomic E-state index is 0.0751. The fraction of sp³-hybridized carbons (Fsp3) is 0.538. The van der Waals surface area contributed by atoms with Gasteiger partial charge in [-0.05, 0) is 40.8 Å². The summed E-state index contributed by atoms with van der Waals surface area (Å²) in [5.41, 5.74) is -0.849. The van der Waals surface area contributed by atoms with Crippen LogP contribution in [0.1, 0.15) is 20.8 Å². The Morgan fingerprint density at radius 2 is 1.78 bits per heavy atom. The number of methoxy groups -OCH3 is 1. The first kappa shape index (κ1) is 19.7. The number of nitroso groups, excluding NO2 is 1. The lowest BCUT2D eigenvalue weighted by Crippen LogP contribution is -2.51. The standard InChI is InChI=1S/C13H20N2O6S2/c1-13(2,3)11(12(14-16)22(17)18)15-23(19,20)10-7-5-9(21-4)6-8-10/h5-8,11-12,15H,1-4H3,(H,17,18)/p-1. The molecule has 3 atom stereocenters. The summed E-state index contributed by atoms with van der Waals surface area (Å²) in [5, 5.41) is 0.817. The van der Waals surface area contributed by atoms with Gasteiger partial charge in [0.15, 0.2) is 5.37 Å². The number of ether oxygens (including phenoxy) is 1. The molecule has 0 aliphatic rings. The largest absolute Gasteiger partial charge is 0.771 e. The average molecular weight is 363 g/mol. The van der Waals surface area contributed by atoms with Gasteiger partial charge in [0.1, 0.15) is 5.75 Å². The van der Waals surface area contributed by atoms with Crippen molar-refractivity contribution in [2.24, 2.45) is 10.6 Å². The van der Waals surface area contributed by atoms with Gasteiger partial charge in [0.25, 0.3) is 0 Å². The Kier molecular flexibility index (Phi) is 6.40. The molecule has 0 aliphatic heterocycles.